The fraction of sp³-hybridized carbons (Fsp3) is 0.788. The van der Waals surface area contributed by atoms with Gasteiger partial charge in [0.2, 0.25) is 0 Å². The number of unbranched alkanes of at least 4 members (excludes halogenated alkanes) is 3. The number of hydrogen-bond donors (Lipinski definition) is 2. The Hall–Kier alpha value is -0.743. The van der Waals surface area contributed by atoms with Crippen LogP contribution < -0.4 is 0 Å². The third-order valence-corrected chi connectivity index (χ3v) is 14.8. The van der Waals surface area contributed by atoms with E-state index in [1.807, 2.05) is 31.3 Å². The summed E-state index contributed by atoms with van der Waals surface area (Å²) in [6.45, 7) is 9.18. The molecule has 1 saturated carbocycles. The smallest absolute Gasteiger partial charge is 0.348 e. The number of carbonyl (C=O) groups excluding carboxylic acids is 1. The summed E-state index contributed by atoms with van der Waals surface area (Å²) in [7, 11) is -0.740. The van der Waals surface area contributed by atoms with Gasteiger partial charge in [-0.2, -0.15) is 0 Å². The Labute approximate surface area is 264 Å². The fourth-order valence-electron chi connectivity index (χ4n) is 6.04. The summed E-state index contributed by atoms with van der Waals surface area (Å²) in [4.78, 5) is 24.1. The maximum atomic E-state index is 11.8. The molecule has 1 aliphatic heterocycles. The molecule has 3 rings (SSSR count). The van der Waals surface area contributed by atoms with E-state index in [9.17, 15) is 14.7 Å². The number of thiophene rings is 1. The molecule has 2 fully saturated rings. The second-order valence-corrected chi connectivity index (χ2v) is 19.7. The average molecular weight is 643 g/mol. The summed E-state index contributed by atoms with van der Waals surface area (Å²) < 4.78 is 17.2. The van der Waals surface area contributed by atoms with Crippen molar-refractivity contribution in [3.05, 3.63) is 34.0 Å². The molecule has 2 aliphatic rings. The zero-order valence-corrected chi connectivity index (χ0v) is 29.1. The van der Waals surface area contributed by atoms with Crippen LogP contribution in [0.25, 0.3) is 0 Å². The van der Waals surface area contributed by atoms with Crippen LogP contribution in [0.15, 0.2) is 24.3 Å². The van der Waals surface area contributed by atoms with Gasteiger partial charge in [-0.25, -0.2) is 4.79 Å². The molecule has 1 aromatic heterocycles. The van der Waals surface area contributed by atoms with Crippen molar-refractivity contribution < 1.29 is 28.9 Å². The Balaban J connectivity index is 1.51. The highest BCUT2D eigenvalue weighted by molar-refractivity contribution is 7.13. The first-order valence-electron chi connectivity index (χ1n) is 16.1. The molecule has 1 aliphatic carbocycles. The molecule has 1 aromatic rings. The van der Waals surface area contributed by atoms with Crippen LogP contribution in [0.5, 0.6) is 0 Å². The molecule has 0 bridgehead atoms. The lowest BCUT2D eigenvalue weighted by molar-refractivity contribution is -0.192. The van der Waals surface area contributed by atoms with Crippen LogP contribution >= 0.6 is 22.9 Å². The highest BCUT2D eigenvalue weighted by atomic mass is 35.5. The van der Waals surface area contributed by atoms with Crippen LogP contribution in [0.3, 0.4) is 0 Å². The van der Waals surface area contributed by atoms with Gasteiger partial charge in [-0.15, -0.1) is 22.9 Å². The molecule has 0 spiro atoms. The molecular formula is C33H55ClO6SSi. The number of carbonyl (C=O) groups is 1. The Morgan fingerprint density at radius 3 is 2.67 bits per heavy atom. The standard InChI is InChI=1S/C33H55ClO6SSi/c1-33(2,42(4,5)37)21-10-7-6-8-13-24(35)17-19-27-26(15-12-14-25-18-20-30(41-25)32(36)38-3)28(34)23-29(27)40-31-16-9-11-22-39-31/h17-20,24,26-29,31,35,37H,6-16,21-23H2,1-5H3/b19-17+/t24-,26+,27+,28+,29+,31?/m0/s1. The third-order valence-electron chi connectivity index (χ3n) is 9.58. The maximum Gasteiger partial charge on any atom is 0.348 e. The van der Waals surface area contributed by atoms with Crippen LogP contribution in [-0.4, -0.2) is 61.8 Å². The average Bonchev–Trinajstić information content (AvgIpc) is 3.53. The number of halogens is 1. The van der Waals surface area contributed by atoms with E-state index in [4.69, 9.17) is 25.8 Å². The van der Waals surface area contributed by atoms with Gasteiger partial charge < -0.3 is 24.1 Å². The van der Waals surface area contributed by atoms with Crippen molar-refractivity contribution in [3.8, 4) is 0 Å². The summed E-state index contributed by atoms with van der Waals surface area (Å²) in [5.74, 6) is 0.106. The van der Waals surface area contributed by atoms with Crippen LogP contribution in [0.1, 0.15) is 105 Å². The van der Waals surface area contributed by atoms with E-state index in [1.165, 1.54) is 23.3 Å². The SMILES string of the molecule is COC(=O)c1ccc(CCC[C@@H]2[C@@H](/C=C/[C@@H](O)CCCCCCC(C)(C)[Si](C)(C)O)[C@H](OC3CCCCO3)C[C@H]2Cl)s1. The molecule has 1 saturated heterocycles. The molecule has 0 amide bonds. The maximum absolute atomic E-state index is 11.8. The Morgan fingerprint density at radius 1 is 1.21 bits per heavy atom. The predicted octanol–water partition coefficient (Wildman–Crippen LogP) is 8.25. The number of ether oxygens (including phenoxy) is 3. The van der Waals surface area contributed by atoms with Gasteiger partial charge in [0.05, 0.1) is 19.3 Å². The van der Waals surface area contributed by atoms with Crippen molar-refractivity contribution in [2.75, 3.05) is 13.7 Å². The van der Waals surface area contributed by atoms with Crippen LogP contribution in [0, 0.1) is 11.8 Å². The first-order valence-corrected chi connectivity index (χ1v) is 20.3. The molecule has 1 unspecified atom stereocenters. The van der Waals surface area contributed by atoms with E-state index in [1.54, 1.807) is 0 Å². The minimum absolute atomic E-state index is 0.00978. The molecule has 6 nitrogen and oxygen atoms in total. The Bertz CT molecular complexity index is 970. The molecular weight excluding hydrogens is 588 g/mol. The van der Waals surface area contributed by atoms with Gasteiger partial charge in [0.15, 0.2) is 14.6 Å². The zero-order valence-electron chi connectivity index (χ0n) is 26.5. The van der Waals surface area contributed by atoms with E-state index >= 15 is 0 Å². The van der Waals surface area contributed by atoms with E-state index in [0.29, 0.717) is 4.88 Å². The first kappa shape index (κ1) is 35.7. The first-order chi connectivity index (χ1) is 19.9. The lowest BCUT2D eigenvalue weighted by atomic mass is 9.88. The number of methoxy groups -OCH3 is 1. The molecule has 2 N–H and O–H groups in total. The largest absolute Gasteiger partial charge is 0.465 e. The number of hydrogen-bond acceptors (Lipinski definition) is 7. The summed E-state index contributed by atoms with van der Waals surface area (Å²) in [5.41, 5.74) is 0. The topological polar surface area (TPSA) is 85.2 Å². The molecule has 6 atom stereocenters. The van der Waals surface area contributed by atoms with E-state index < -0.39 is 14.4 Å². The van der Waals surface area contributed by atoms with Crippen molar-refractivity contribution in [2.45, 2.75) is 139 Å². The molecule has 0 radical (unpaired) electrons. The number of esters is 1. The zero-order chi connectivity index (χ0) is 30.8. The highest BCUT2D eigenvalue weighted by Crippen LogP contribution is 2.43. The fourth-order valence-corrected chi connectivity index (χ4v) is 8.26. The lowest BCUT2D eigenvalue weighted by Gasteiger charge is -2.35. The van der Waals surface area contributed by atoms with Crippen LogP contribution in [0.4, 0.5) is 0 Å². The van der Waals surface area contributed by atoms with Gasteiger partial charge in [0, 0.05) is 22.8 Å². The predicted molar refractivity (Wildman–Crippen MR) is 175 cm³/mol. The van der Waals surface area contributed by atoms with Crippen LogP contribution in [-0.2, 0) is 20.6 Å². The lowest BCUT2D eigenvalue weighted by Crippen LogP contribution is -2.38. The quantitative estimate of drug-likeness (QED) is 0.0585. The van der Waals surface area contributed by atoms with Gasteiger partial charge in [-0.3, -0.25) is 0 Å². The number of aliphatic hydroxyl groups excluding tert-OH is 1. The summed E-state index contributed by atoms with van der Waals surface area (Å²) in [6.07, 6.45) is 16.3. The monoisotopic (exact) mass is 642 g/mol. The molecule has 2 heterocycles. The van der Waals surface area contributed by atoms with Crippen molar-refractivity contribution in [1.29, 1.82) is 0 Å². The minimum atomic E-state index is -2.15. The van der Waals surface area contributed by atoms with E-state index in [-0.39, 0.29) is 40.6 Å². The number of aryl methyl sites for hydroxylation is 1. The number of rotatable bonds is 17. The van der Waals surface area contributed by atoms with Crippen LogP contribution in [0.2, 0.25) is 18.1 Å². The van der Waals surface area contributed by atoms with Gasteiger partial charge >= 0.3 is 5.97 Å². The normalized spacial score (nSPS) is 26.1. The van der Waals surface area contributed by atoms with Gasteiger partial charge in [0.25, 0.3) is 0 Å². The number of alkyl halides is 1. The van der Waals surface area contributed by atoms with Gasteiger partial charge in [-0.1, -0.05) is 51.7 Å². The van der Waals surface area contributed by atoms with E-state index in [2.05, 4.69) is 19.9 Å². The van der Waals surface area contributed by atoms with Crippen molar-refractivity contribution in [3.63, 3.8) is 0 Å². The molecule has 0 aromatic carbocycles. The number of aliphatic hydroxyl groups is 1. The van der Waals surface area contributed by atoms with E-state index in [0.717, 1.165) is 90.1 Å². The van der Waals surface area contributed by atoms with Gasteiger partial charge in [-0.05, 0) is 94.0 Å². The second-order valence-electron chi connectivity index (χ2n) is 13.5. The minimum Gasteiger partial charge on any atom is -0.465 e. The third kappa shape index (κ3) is 11.0. The summed E-state index contributed by atoms with van der Waals surface area (Å²) >= 11 is 8.45. The Morgan fingerprint density at radius 2 is 1.98 bits per heavy atom. The second kappa shape index (κ2) is 17.1. The molecule has 9 heteroatoms. The van der Waals surface area contributed by atoms with Gasteiger partial charge in [0.1, 0.15) is 4.88 Å². The summed E-state index contributed by atoms with van der Waals surface area (Å²) in [6, 6.07) is 3.85. The highest BCUT2D eigenvalue weighted by Gasteiger charge is 2.42. The van der Waals surface area contributed by atoms with Crippen molar-refractivity contribution in [2.24, 2.45) is 11.8 Å². The van der Waals surface area contributed by atoms with Crippen molar-refractivity contribution >= 4 is 37.2 Å². The molecule has 240 valence electrons. The molecule has 42 heavy (non-hydrogen) atoms. The Kier molecular flexibility index (Phi) is 14.5. The summed E-state index contributed by atoms with van der Waals surface area (Å²) in [5, 5.41) is 10.8. The van der Waals surface area contributed by atoms with Crippen molar-refractivity contribution in [1.82, 2.24) is 0 Å².